The molecule has 7 heteroatoms. The van der Waals surface area contributed by atoms with E-state index in [1.54, 1.807) is 11.4 Å². The number of nitrogens with one attached hydrogen (secondary N) is 1. The summed E-state index contributed by atoms with van der Waals surface area (Å²) in [5, 5.41) is 10.4. The summed E-state index contributed by atoms with van der Waals surface area (Å²) < 4.78 is 35.8. The van der Waals surface area contributed by atoms with Gasteiger partial charge in [0, 0.05) is 12.7 Å². The molecule has 4 nitrogen and oxygen atoms in total. The van der Waals surface area contributed by atoms with Crippen LogP contribution < -0.4 is 10.2 Å². The number of nitrogens with zero attached hydrogens (tertiary/aromatic N) is 2. The number of rotatable bonds is 2. The summed E-state index contributed by atoms with van der Waals surface area (Å²) in [6.07, 6.45) is -4.45. The van der Waals surface area contributed by atoms with E-state index in [9.17, 15) is 18.0 Å². The smallest absolute Gasteiger partial charge is 0.329 e. The molecule has 0 bridgehead atoms. The van der Waals surface area contributed by atoms with Gasteiger partial charge in [-0.1, -0.05) is 6.07 Å². The third kappa shape index (κ3) is 3.97. The fourth-order valence-corrected chi connectivity index (χ4v) is 1.20. The fourth-order valence-electron chi connectivity index (χ4n) is 1.20. The second kappa shape index (κ2) is 5.40. The van der Waals surface area contributed by atoms with Crippen LogP contribution in [0.3, 0.4) is 0 Å². The van der Waals surface area contributed by atoms with Gasteiger partial charge in [0.1, 0.15) is 6.54 Å². The average molecular weight is 257 g/mol. The van der Waals surface area contributed by atoms with E-state index in [1.807, 2.05) is 6.07 Å². The molecular formula is C11H10F3N3O. The third-order valence-corrected chi connectivity index (χ3v) is 2.11. The van der Waals surface area contributed by atoms with E-state index in [4.69, 9.17) is 5.26 Å². The predicted octanol–water partition coefficient (Wildman–Crippen LogP) is 2.27. The van der Waals surface area contributed by atoms with Crippen LogP contribution in [-0.4, -0.2) is 25.8 Å². The molecule has 0 radical (unpaired) electrons. The molecule has 0 spiro atoms. The first kappa shape index (κ1) is 13.8. The molecule has 2 amide bonds. The Morgan fingerprint density at radius 3 is 2.72 bits per heavy atom. The van der Waals surface area contributed by atoms with Crippen LogP contribution in [0.1, 0.15) is 5.56 Å². The summed E-state index contributed by atoms with van der Waals surface area (Å²) in [4.78, 5) is 12.4. The molecule has 0 aliphatic carbocycles. The summed E-state index contributed by atoms with van der Waals surface area (Å²) in [6, 6.07) is 7.00. The van der Waals surface area contributed by atoms with Crippen LogP contribution in [0.5, 0.6) is 0 Å². The highest BCUT2D eigenvalue weighted by Crippen LogP contribution is 2.16. The lowest BCUT2D eigenvalue weighted by atomic mass is 10.2. The Bertz CT molecular complexity index is 479. The highest BCUT2D eigenvalue weighted by molar-refractivity contribution is 5.91. The van der Waals surface area contributed by atoms with E-state index < -0.39 is 18.8 Å². The van der Waals surface area contributed by atoms with Gasteiger partial charge in [0.2, 0.25) is 0 Å². The van der Waals surface area contributed by atoms with Crippen molar-refractivity contribution in [1.29, 1.82) is 5.26 Å². The molecule has 96 valence electrons. The molecule has 0 aliphatic heterocycles. The van der Waals surface area contributed by atoms with Gasteiger partial charge in [0.25, 0.3) is 0 Å². The van der Waals surface area contributed by atoms with Crippen LogP contribution in [0.15, 0.2) is 24.3 Å². The van der Waals surface area contributed by atoms with Gasteiger partial charge in [-0.3, -0.25) is 4.90 Å². The molecule has 0 unspecified atom stereocenters. The van der Waals surface area contributed by atoms with Crippen LogP contribution in [0, 0.1) is 11.3 Å². The van der Waals surface area contributed by atoms with Gasteiger partial charge in [0.05, 0.1) is 11.6 Å². The summed E-state index contributed by atoms with van der Waals surface area (Å²) >= 11 is 0. The van der Waals surface area contributed by atoms with Crippen molar-refractivity contribution in [3.8, 4) is 6.07 Å². The zero-order valence-corrected chi connectivity index (χ0v) is 9.45. The summed E-state index contributed by atoms with van der Waals surface area (Å²) in [7, 11) is 1.32. The Hall–Kier alpha value is -2.23. The number of alkyl halides is 3. The number of halogens is 3. The monoisotopic (exact) mass is 257 g/mol. The molecule has 18 heavy (non-hydrogen) atoms. The lowest BCUT2D eigenvalue weighted by Gasteiger charge is -2.18. The topological polar surface area (TPSA) is 56.1 Å². The van der Waals surface area contributed by atoms with Gasteiger partial charge < -0.3 is 5.32 Å². The molecule has 0 fully saturated rings. The standard InChI is InChI=1S/C11H10F3N3O/c1-17(10(18)16-7-11(12,13)14)9-4-2-3-8(5-9)6-15/h2-5H,7H2,1H3,(H,16,18). The van der Waals surface area contributed by atoms with Crippen LogP contribution in [0.25, 0.3) is 0 Å². The van der Waals surface area contributed by atoms with Crippen molar-refractivity contribution in [3.63, 3.8) is 0 Å². The van der Waals surface area contributed by atoms with Crippen LogP contribution in [0.2, 0.25) is 0 Å². The van der Waals surface area contributed by atoms with Crippen molar-refractivity contribution in [2.45, 2.75) is 6.18 Å². The molecule has 0 saturated carbocycles. The normalized spacial score (nSPS) is 10.6. The zero-order valence-electron chi connectivity index (χ0n) is 9.45. The van der Waals surface area contributed by atoms with Crippen molar-refractivity contribution in [1.82, 2.24) is 5.32 Å². The number of anilines is 1. The zero-order chi connectivity index (χ0) is 13.8. The van der Waals surface area contributed by atoms with E-state index in [0.29, 0.717) is 11.3 Å². The first-order valence-corrected chi connectivity index (χ1v) is 4.92. The number of hydrogen-bond acceptors (Lipinski definition) is 2. The Balaban J connectivity index is 2.72. The Kier molecular flexibility index (Phi) is 4.15. The minimum absolute atomic E-state index is 0.322. The summed E-state index contributed by atoms with van der Waals surface area (Å²) in [6.45, 7) is -1.39. The van der Waals surface area contributed by atoms with Crippen LogP contribution >= 0.6 is 0 Å². The fraction of sp³-hybridized carbons (Fsp3) is 0.273. The maximum Gasteiger partial charge on any atom is 0.405 e. The second-order valence-corrected chi connectivity index (χ2v) is 3.50. The lowest BCUT2D eigenvalue weighted by molar-refractivity contribution is -0.122. The molecule has 0 heterocycles. The van der Waals surface area contributed by atoms with Crippen molar-refractivity contribution in [3.05, 3.63) is 29.8 Å². The highest BCUT2D eigenvalue weighted by Gasteiger charge is 2.28. The van der Waals surface area contributed by atoms with E-state index in [2.05, 4.69) is 0 Å². The third-order valence-electron chi connectivity index (χ3n) is 2.11. The van der Waals surface area contributed by atoms with E-state index >= 15 is 0 Å². The van der Waals surface area contributed by atoms with Gasteiger partial charge in [-0.15, -0.1) is 0 Å². The Morgan fingerprint density at radius 2 is 2.17 bits per heavy atom. The first-order valence-electron chi connectivity index (χ1n) is 4.92. The van der Waals surface area contributed by atoms with Gasteiger partial charge in [0.15, 0.2) is 0 Å². The number of hydrogen-bond donors (Lipinski definition) is 1. The molecule has 1 rings (SSSR count). The number of benzene rings is 1. The number of urea groups is 1. The van der Waals surface area contributed by atoms with Crippen molar-refractivity contribution in [2.24, 2.45) is 0 Å². The largest absolute Gasteiger partial charge is 0.405 e. The number of carbonyl (C=O) groups excluding carboxylic acids is 1. The molecule has 0 atom stereocenters. The Morgan fingerprint density at radius 1 is 1.50 bits per heavy atom. The van der Waals surface area contributed by atoms with Crippen molar-refractivity contribution < 1.29 is 18.0 Å². The lowest BCUT2D eigenvalue weighted by Crippen LogP contribution is -2.41. The molecule has 0 saturated heterocycles. The Labute approximate surface area is 102 Å². The minimum atomic E-state index is -4.45. The van der Waals surface area contributed by atoms with Crippen molar-refractivity contribution >= 4 is 11.7 Å². The second-order valence-electron chi connectivity index (χ2n) is 3.50. The van der Waals surface area contributed by atoms with E-state index in [0.717, 1.165) is 4.90 Å². The minimum Gasteiger partial charge on any atom is -0.329 e. The number of amides is 2. The van der Waals surface area contributed by atoms with Gasteiger partial charge >= 0.3 is 12.2 Å². The average Bonchev–Trinajstić information content (AvgIpc) is 2.34. The van der Waals surface area contributed by atoms with Crippen LogP contribution in [0.4, 0.5) is 23.7 Å². The van der Waals surface area contributed by atoms with Crippen LogP contribution in [-0.2, 0) is 0 Å². The quantitative estimate of drug-likeness (QED) is 0.883. The van der Waals surface area contributed by atoms with Gasteiger partial charge in [-0.2, -0.15) is 18.4 Å². The summed E-state index contributed by atoms with van der Waals surface area (Å²) in [5.74, 6) is 0. The molecule has 1 aromatic carbocycles. The molecule has 0 aliphatic rings. The molecule has 1 N–H and O–H groups in total. The van der Waals surface area contributed by atoms with E-state index in [-0.39, 0.29) is 0 Å². The molecular weight excluding hydrogens is 247 g/mol. The maximum absolute atomic E-state index is 11.9. The predicted molar refractivity (Wildman–Crippen MR) is 59.0 cm³/mol. The molecule has 1 aromatic rings. The first-order chi connectivity index (χ1) is 8.33. The van der Waals surface area contributed by atoms with Gasteiger partial charge in [-0.05, 0) is 18.2 Å². The maximum atomic E-state index is 11.9. The number of nitriles is 1. The highest BCUT2D eigenvalue weighted by atomic mass is 19.4. The molecule has 0 aromatic heterocycles. The SMILES string of the molecule is CN(C(=O)NCC(F)(F)F)c1cccc(C#N)c1. The van der Waals surface area contributed by atoms with Gasteiger partial charge in [-0.25, -0.2) is 4.79 Å². The number of carbonyl (C=O) groups is 1. The summed E-state index contributed by atoms with van der Waals surface area (Å²) in [5.41, 5.74) is 0.664. The van der Waals surface area contributed by atoms with Crippen molar-refractivity contribution in [2.75, 3.05) is 18.5 Å². The van der Waals surface area contributed by atoms with E-state index in [1.165, 1.54) is 25.2 Å².